The van der Waals surface area contributed by atoms with E-state index in [2.05, 4.69) is 6.58 Å². The number of rotatable bonds is 8. The summed E-state index contributed by atoms with van der Waals surface area (Å²) < 4.78 is 11.0. The first-order valence-electron chi connectivity index (χ1n) is 7.95. The molecule has 6 heteroatoms. The van der Waals surface area contributed by atoms with Crippen LogP contribution in [0.5, 0.6) is 11.5 Å². The molecule has 6 nitrogen and oxygen atoms in total. The molecule has 0 radical (unpaired) electrons. The first-order valence-corrected chi connectivity index (χ1v) is 7.95. The summed E-state index contributed by atoms with van der Waals surface area (Å²) in [4.78, 5) is 24.1. The highest BCUT2D eigenvalue weighted by Crippen LogP contribution is 2.28. The van der Waals surface area contributed by atoms with Gasteiger partial charge in [-0.2, -0.15) is 0 Å². The Hall–Kier alpha value is -2.34. The van der Waals surface area contributed by atoms with Crippen molar-refractivity contribution >= 4 is 11.8 Å². The summed E-state index contributed by atoms with van der Waals surface area (Å²) in [6.45, 7) is 12.0. The highest BCUT2D eigenvalue weighted by atomic mass is 16.6. The van der Waals surface area contributed by atoms with Crippen LogP contribution in [0.3, 0.4) is 0 Å². The molecule has 0 aliphatic carbocycles. The summed E-state index contributed by atoms with van der Waals surface area (Å²) in [6, 6.07) is 3.86. The molecule has 0 aliphatic rings. The van der Waals surface area contributed by atoms with Crippen molar-refractivity contribution in [3.63, 3.8) is 0 Å². The van der Waals surface area contributed by atoms with Crippen LogP contribution in [-0.4, -0.2) is 39.8 Å². The molecule has 1 rings (SSSR count). The average Bonchev–Trinajstić information content (AvgIpc) is 2.48. The third-order valence-corrected chi connectivity index (χ3v) is 3.67. The Morgan fingerprint density at radius 3 is 2.24 bits per heavy atom. The van der Waals surface area contributed by atoms with Gasteiger partial charge in [0, 0.05) is 17.6 Å². The van der Waals surface area contributed by atoms with Crippen molar-refractivity contribution in [2.75, 3.05) is 6.61 Å². The van der Waals surface area contributed by atoms with Crippen molar-refractivity contribution in [2.45, 2.75) is 52.2 Å². The second kappa shape index (κ2) is 7.70. The van der Waals surface area contributed by atoms with Crippen LogP contribution < -0.4 is 0 Å². The van der Waals surface area contributed by atoms with Crippen LogP contribution in [0.25, 0.3) is 0 Å². The molecule has 0 saturated heterocycles. The van der Waals surface area contributed by atoms with Crippen LogP contribution in [0.15, 0.2) is 30.4 Å². The van der Waals surface area contributed by atoms with Crippen molar-refractivity contribution in [3.05, 3.63) is 35.9 Å². The number of benzene rings is 1. The number of aromatic hydroxyl groups is 2. The minimum absolute atomic E-state index is 0.194. The van der Waals surface area contributed by atoms with Crippen molar-refractivity contribution in [1.82, 2.24) is 0 Å². The lowest BCUT2D eigenvalue weighted by molar-refractivity contribution is -0.153. The molecule has 0 bridgehead atoms. The minimum Gasteiger partial charge on any atom is -0.504 e. The van der Waals surface area contributed by atoms with Gasteiger partial charge in [-0.3, -0.25) is 4.79 Å². The monoisotopic (exact) mass is 350 g/mol. The second-order valence-electron chi connectivity index (χ2n) is 7.07. The van der Waals surface area contributed by atoms with E-state index in [0.29, 0.717) is 12.0 Å². The van der Waals surface area contributed by atoms with Crippen LogP contribution in [0.4, 0.5) is 0 Å². The van der Waals surface area contributed by atoms with E-state index in [-0.39, 0.29) is 29.5 Å². The largest absolute Gasteiger partial charge is 0.504 e. The first-order chi connectivity index (χ1) is 11.4. The Labute approximate surface area is 148 Å². The summed E-state index contributed by atoms with van der Waals surface area (Å²) in [5, 5.41) is 18.9. The van der Waals surface area contributed by atoms with Gasteiger partial charge >= 0.3 is 5.97 Å². The lowest BCUT2D eigenvalue weighted by Crippen LogP contribution is -2.37. The molecule has 0 unspecified atom stereocenters. The number of carbonyl (C=O) groups excluding carboxylic acids is 2. The van der Waals surface area contributed by atoms with E-state index in [1.807, 2.05) is 0 Å². The number of hydrogen-bond donors (Lipinski definition) is 2. The third-order valence-electron chi connectivity index (χ3n) is 3.67. The zero-order chi connectivity index (χ0) is 19.4. The molecule has 2 N–H and O–H groups in total. The fraction of sp³-hybridized carbons (Fsp3) is 0.474. The zero-order valence-corrected chi connectivity index (χ0v) is 15.4. The van der Waals surface area contributed by atoms with E-state index in [1.165, 1.54) is 18.2 Å². The lowest BCUT2D eigenvalue weighted by Gasteiger charge is -2.29. The van der Waals surface area contributed by atoms with Gasteiger partial charge in [-0.25, -0.2) is 4.79 Å². The number of phenolic OH excluding ortho intramolecular Hbond substituents is 2. The van der Waals surface area contributed by atoms with Gasteiger partial charge in [0.25, 0.3) is 0 Å². The van der Waals surface area contributed by atoms with Gasteiger partial charge in [-0.05, 0) is 52.8 Å². The summed E-state index contributed by atoms with van der Waals surface area (Å²) in [7, 11) is 0. The summed E-state index contributed by atoms with van der Waals surface area (Å²) >= 11 is 0. The number of Topliss-reactive ketones (excluding diaryl/α,β-unsaturated/α-hetero) is 1. The van der Waals surface area contributed by atoms with E-state index >= 15 is 0 Å². The van der Waals surface area contributed by atoms with Crippen molar-refractivity contribution in [2.24, 2.45) is 0 Å². The Balaban J connectivity index is 2.68. The van der Waals surface area contributed by atoms with Crippen LogP contribution >= 0.6 is 0 Å². The molecule has 0 saturated carbocycles. The fourth-order valence-electron chi connectivity index (χ4n) is 2.02. The summed E-state index contributed by atoms with van der Waals surface area (Å²) in [5.41, 5.74) is -1.35. The summed E-state index contributed by atoms with van der Waals surface area (Å²) in [6.07, 6.45) is 0.392. The van der Waals surface area contributed by atoms with E-state index in [0.717, 1.165) is 0 Å². The molecule has 0 aromatic heterocycles. The van der Waals surface area contributed by atoms with Crippen molar-refractivity contribution in [1.29, 1.82) is 0 Å². The van der Waals surface area contributed by atoms with Crippen LogP contribution in [0.2, 0.25) is 0 Å². The third kappa shape index (κ3) is 5.90. The predicted molar refractivity (Wildman–Crippen MR) is 93.7 cm³/mol. The normalized spacial score (nSPS) is 11.9. The molecule has 0 atom stereocenters. The molecular formula is C19H26O6. The standard InChI is InChI=1S/C19H26O6/c1-12(2)17(23)25-18(3,4)9-10-24-19(5,6)16(22)13-7-8-14(20)15(21)11-13/h7-8,11,20-21H,1,9-10H2,2-6H3. The minimum atomic E-state index is -1.14. The van der Waals surface area contributed by atoms with Gasteiger partial charge in [-0.1, -0.05) is 6.58 Å². The average molecular weight is 350 g/mol. The Kier molecular flexibility index (Phi) is 6.37. The smallest absolute Gasteiger partial charge is 0.333 e. The van der Waals surface area contributed by atoms with Crippen LogP contribution in [0, 0.1) is 0 Å². The highest BCUT2D eigenvalue weighted by molar-refractivity contribution is 6.02. The number of ether oxygens (including phenoxy) is 2. The molecule has 1 aromatic carbocycles. The molecule has 0 spiro atoms. The Morgan fingerprint density at radius 2 is 1.72 bits per heavy atom. The number of ketones is 1. The molecule has 138 valence electrons. The molecule has 1 aromatic rings. The highest BCUT2D eigenvalue weighted by Gasteiger charge is 2.31. The zero-order valence-electron chi connectivity index (χ0n) is 15.4. The predicted octanol–water partition coefficient (Wildman–Crippen LogP) is 3.36. The quantitative estimate of drug-likeness (QED) is 0.323. The number of esters is 1. The van der Waals surface area contributed by atoms with Gasteiger partial charge in [0.15, 0.2) is 17.3 Å². The first kappa shape index (κ1) is 20.7. The Bertz CT molecular complexity index is 672. The maximum Gasteiger partial charge on any atom is 0.333 e. The van der Waals surface area contributed by atoms with Gasteiger partial charge in [0.05, 0.1) is 6.61 Å². The van der Waals surface area contributed by atoms with E-state index in [9.17, 15) is 19.8 Å². The van der Waals surface area contributed by atoms with Gasteiger partial charge in [-0.15, -0.1) is 0 Å². The SMILES string of the molecule is C=C(C)C(=O)OC(C)(C)CCOC(C)(C)C(=O)c1ccc(O)c(O)c1. The molecule has 0 fully saturated rings. The van der Waals surface area contributed by atoms with E-state index < -0.39 is 17.2 Å². The molecule has 0 amide bonds. The topological polar surface area (TPSA) is 93.1 Å². The lowest BCUT2D eigenvalue weighted by atomic mass is 9.96. The second-order valence-corrected chi connectivity index (χ2v) is 7.07. The van der Waals surface area contributed by atoms with E-state index in [1.54, 1.807) is 34.6 Å². The number of phenols is 2. The van der Waals surface area contributed by atoms with Gasteiger partial charge in [0.2, 0.25) is 0 Å². The maximum atomic E-state index is 12.5. The molecule has 25 heavy (non-hydrogen) atoms. The van der Waals surface area contributed by atoms with Gasteiger partial charge in [0.1, 0.15) is 11.2 Å². The fourth-order valence-corrected chi connectivity index (χ4v) is 2.02. The molecule has 0 heterocycles. The van der Waals surface area contributed by atoms with Crippen LogP contribution in [-0.2, 0) is 14.3 Å². The van der Waals surface area contributed by atoms with Gasteiger partial charge < -0.3 is 19.7 Å². The van der Waals surface area contributed by atoms with Crippen molar-refractivity contribution < 1.29 is 29.3 Å². The molecule has 0 aliphatic heterocycles. The molecular weight excluding hydrogens is 324 g/mol. The van der Waals surface area contributed by atoms with Crippen LogP contribution in [0.1, 0.15) is 51.4 Å². The Morgan fingerprint density at radius 1 is 1.12 bits per heavy atom. The van der Waals surface area contributed by atoms with E-state index in [4.69, 9.17) is 9.47 Å². The number of carbonyl (C=O) groups is 2. The van der Waals surface area contributed by atoms with Crippen molar-refractivity contribution in [3.8, 4) is 11.5 Å². The summed E-state index contributed by atoms with van der Waals surface area (Å²) in [5.74, 6) is -1.47. The maximum absolute atomic E-state index is 12.5. The number of hydrogen-bond acceptors (Lipinski definition) is 6.